The van der Waals surface area contributed by atoms with Crippen LogP contribution in [0, 0.1) is 18.3 Å². The van der Waals surface area contributed by atoms with Gasteiger partial charge in [-0.1, -0.05) is 25.1 Å². The minimum atomic E-state index is -0.465. The summed E-state index contributed by atoms with van der Waals surface area (Å²) in [7, 11) is 0. The summed E-state index contributed by atoms with van der Waals surface area (Å²) in [5.41, 5.74) is 3.35. The Morgan fingerprint density at radius 3 is 2.58 bits per heavy atom. The van der Waals surface area contributed by atoms with E-state index in [0.717, 1.165) is 23.2 Å². The summed E-state index contributed by atoms with van der Waals surface area (Å²) in [6.07, 6.45) is 2.14. The Morgan fingerprint density at radius 2 is 1.96 bits per heavy atom. The predicted octanol–water partition coefficient (Wildman–Crippen LogP) is 3.72. The average Bonchev–Trinajstić information content (AvgIpc) is 2.58. The van der Waals surface area contributed by atoms with Gasteiger partial charge in [-0.15, -0.1) is 0 Å². The molecule has 0 radical (unpaired) electrons. The molecule has 0 heterocycles. The first-order chi connectivity index (χ1) is 11.5. The Hall–Kier alpha value is -3.26. The van der Waals surface area contributed by atoms with E-state index in [2.05, 4.69) is 10.6 Å². The molecular weight excluding hydrogens is 302 g/mol. The highest BCUT2D eigenvalue weighted by Crippen LogP contribution is 2.21. The number of anilines is 2. The maximum atomic E-state index is 12.4. The van der Waals surface area contributed by atoms with Crippen LogP contribution in [0.2, 0.25) is 0 Å². The van der Waals surface area contributed by atoms with Crippen molar-refractivity contribution in [3.63, 3.8) is 0 Å². The molecular formula is C19H19N3O2. The molecule has 0 spiro atoms. The Bertz CT molecular complexity index is 802. The van der Waals surface area contributed by atoms with E-state index in [1.807, 2.05) is 38.1 Å². The fourth-order valence-corrected chi connectivity index (χ4v) is 2.24. The van der Waals surface area contributed by atoms with Gasteiger partial charge in [-0.25, -0.2) is 0 Å². The predicted molar refractivity (Wildman–Crippen MR) is 94.6 cm³/mol. The van der Waals surface area contributed by atoms with Gasteiger partial charge in [-0.3, -0.25) is 4.79 Å². The van der Waals surface area contributed by atoms with Crippen molar-refractivity contribution < 1.29 is 9.90 Å². The van der Waals surface area contributed by atoms with E-state index in [4.69, 9.17) is 0 Å². The number of amides is 1. The third-order valence-corrected chi connectivity index (χ3v) is 3.59. The molecule has 0 aromatic heterocycles. The number of rotatable bonds is 5. The van der Waals surface area contributed by atoms with E-state index < -0.39 is 5.91 Å². The zero-order valence-corrected chi connectivity index (χ0v) is 13.6. The number of hydrogen-bond acceptors (Lipinski definition) is 4. The molecule has 3 N–H and O–H groups in total. The number of benzene rings is 2. The molecule has 0 atom stereocenters. The molecule has 0 fully saturated rings. The van der Waals surface area contributed by atoms with Crippen molar-refractivity contribution in [2.75, 3.05) is 10.6 Å². The van der Waals surface area contributed by atoms with Crippen LogP contribution < -0.4 is 10.6 Å². The second-order valence-electron chi connectivity index (χ2n) is 5.28. The second kappa shape index (κ2) is 7.84. The zero-order chi connectivity index (χ0) is 17.5. The van der Waals surface area contributed by atoms with E-state index >= 15 is 0 Å². The van der Waals surface area contributed by atoms with Gasteiger partial charge < -0.3 is 15.7 Å². The molecule has 0 unspecified atom stereocenters. The van der Waals surface area contributed by atoms with Gasteiger partial charge in [0.1, 0.15) is 17.4 Å². The number of nitrogens with one attached hydrogen (secondary N) is 2. The lowest BCUT2D eigenvalue weighted by Gasteiger charge is -2.12. The number of aromatic hydroxyl groups is 1. The highest BCUT2D eigenvalue weighted by molar-refractivity contribution is 6.07. The first-order valence-corrected chi connectivity index (χ1v) is 7.60. The highest BCUT2D eigenvalue weighted by atomic mass is 16.3. The number of aryl methyl sites for hydroxylation is 2. The zero-order valence-electron chi connectivity index (χ0n) is 13.6. The minimum Gasteiger partial charge on any atom is -0.508 e. The van der Waals surface area contributed by atoms with Crippen LogP contribution in [-0.4, -0.2) is 11.0 Å². The first-order valence-electron chi connectivity index (χ1n) is 7.60. The summed E-state index contributed by atoms with van der Waals surface area (Å²) < 4.78 is 0. The lowest BCUT2D eigenvalue weighted by molar-refractivity contribution is -0.112. The summed E-state index contributed by atoms with van der Waals surface area (Å²) >= 11 is 0. The van der Waals surface area contributed by atoms with Crippen LogP contribution in [0.3, 0.4) is 0 Å². The summed E-state index contributed by atoms with van der Waals surface area (Å²) in [4.78, 5) is 12.4. The maximum Gasteiger partial charge on any atom is 0.267 e. The van der Waals surface area contributed by atoms with Gasteiger partial charge >= 0.3 is 0 Å². The monoisotopic (exact) mass is 321 g/mol. The summed E-state index contributed by atoms with van der Waals surface area (Å²) in [5.74, 6) is -0.317. The molecule has 0 saturated carbocycles. The molecule has 0 aliphatic carbocycles. The third-order valence-electron chi connectivity index (χ3n) is 3.59. The largest absolute Gasteiger partial charge is 0.508 e. The van der Waals surface area contributed by atoms with E-state index in [-0.39, 0.29) is 11.3 Å². The van der Waals surface area contributed by atoms with Crippen molar-refractivity contribution in [3.05, 3.63) is 65.4 Å². The van der Waals surface area contributed by atoms with Crippen LogP contribution in [0.4, 0.5) is 11.4 Å². The lowest BCUT2D eigenvalue weighted by Crippen LogP contribution is -2.16. The van der Waals surface area contributed by atoms with Gasteiger partial charge in [0, 0.05) is 17.6 Å². The Balaban J connectivity index is 2.16. The van der Waals surface area contributed by atoms with Crippen molar-refractivity contribution in [3.8, 4) is 11.8 Å². The number of carbonyl (C=O) groups is 1. The van der Waals surface area contributed by atoms with Crippen molar-refractivity contribution in [2.24, 2.45) is 0 Å². The molecule has 0 saturated heterocycles. The first kappa shape index (κ1) is 17.1. The Kier molecular flexibility index (Phi) is 5.58. The number of carbonyl (C=O) groups excluding carboxylic acids is 1. The topological polar surface area (TPSA) is 85.2 Å². The lowest BCUT2D eigenvalue weighted by atomic mass is 10.1. The normalized spacial score (nSPS) is 10.8. The van der Waals surface area contributed by atoms with Gasteiger partial charge in [0.2, 0.25) is 0 Å². The van der Waals surface area contributed by atoms with Gasteiger partial charge in [0.15, 0.2) is 0 Å². The van der Waals surface area contributed by atoms with Gasteiger partial charge in [0.25, 0.3) is 5.91 Å². The van der Waals surface area contributed by atoms with Crippen LogP contribution in [-0.2, 0) is 11.2 Å². The van der Waals surface area contributed by atoms with Gasteiger partial charge in [-0.05, 0) is 48.7 Å². The molecule has 122 valence electrons. The smallest absolute Gasteiger partial charge is 0.267 e. The highest BCUT2D eigenvalue weighted by Gasteiger charge is 2.12. The van der Waals surface area contributed by atoms with Crippen LogP contribution in [0.1, 0.15) is 18.1 Å². The van der Waals surface area contributed by atoms with Crippen LogP contribution in [0.25, 0.3) is 0 Å². The van der Waals surface area contributed by atoms with Crippen molar-refractivity contribution in [1.82, 2.24) is 0 Å². The number of hydrogen-bond donors (Lipinski definition) is 3. The number of para-hydroxylation sites is 1. The van der Waals surface area contributed by atoms with Crippen molar-refractivity contribution in [1.29, 1.82) is 5.26 Å². The number of nitriles is 1. The molecule has 0 aliphatic heterocycles. The standard InChI is InChI=1S/C19H19N3O2/c1-3-14-6-4-5-13(2)18(14)22-19(24)15(11-20)12-21-16-7-9-17(23)10-8-16/h4-10,12,21,23H,3H2,1-2H3,(H,22,24)/b15-12-. The quantitative estimate of drug-likeness (QED) is 0.445. The Labute approximate surface area is 141 Å². The van der Waals surface area contributed by atoms with E-state index in [9.17, 15) is 15.2 Å². The summed E-state index contributed by atoms with van der Waals surface area (Å²) in [6, 6.07) is 14.0. The van der Waals surface area contributed by atoms with E-state index in [0.29, 0.717) is 5.69 Å². The fourth-order valence-electron chi connectivity index (χ4n) is 2.24. The summed E-state index contributed by atoms with van der Waals surface area (Å²) in [6.45, 7) is 3.93. The molecule has 5 heteroatoms. The SMILES string of the molecule is CCc1cccc(C)c1NC(=O)/C(C#N)=C\Nc1ccc(O)cc1. The molecule has 1 amide bonds. The fraction of sp³-hybridized carbons (Fsp3) is 0.158. The number of phenolic OH excluding ortho intramolecular Hbond substituents is 1. The van der Waals surface area contributed by atoms with Crippen LogP contribution in [0.15, 0.2) is 54.2 Å². The summed E-state index contributed by atoms with van der Waals surface area (Å²) in [5, 5.41) is 24.2. The minimum absolute atomic E-state index is 0.0339. The molecule has 2 aromatic carbocycles. The molecule has 0 aliphatic rings. The molecule has 5 nitrogen and oxygen atoms in total. The number of phenols is 1. The molecule has 2 aromatic rings. The van der Waals surface area contributed by atoms with Crippen molar-refractivity contribution in [2.45, 2.75) is 20.3 Å². The van der Waals surface area contributed by atoms with Crippen molar-refractivity contribution >= 4 is 17.3 Å². The van der Waals surface area contributed by atoms with E-state index in [1.54, 1.807) is 12.1 Å². The third kappa shape index (κ3) is 4.14. The molecule has 2 rings (SSSR count). The van der Waals surface area contributed by atoms with Crippen LogP contribution in [0.5, 0.6) is 5.75 Å². The van der Waals surface area contributed by atoms with Gasteiger partial charge in [0.05, 0.1) is 0 Å². The second-order valence-corrected chi connectivity index (χ2v) is 5.28. The number of nitrogens with zero attached hydrogens (tertiary/aromatic N) is 1. The van der Waals surface area contributed by atoms with Gasteiger partial charge in [-0.2, -0.15) is 5.26 Å². The van der Waals surface area contributed by atoms with E-state index in [1.165, 1.54) is 18.3 Å². The average molecular weight is 321 g/mol. The van der Waals surface area contributed by atoms with Crippen LogP contribution >= 0.6 is 0 Å². The molecule has 24 heavy (non-hydrogen) atoms. The molecule has 0 bridgehead atoms. The Morgan fingerprint density at radius 1 is 1.25 bits per heavy atom. The maximum absolute atomic E-state index is 12.4.